The Kier molecular flexibility index (Phi) is 4.74. The zero-order chi connectivity index (χ0) is 20.6. The van der Waals surface area contributed by atoms with Crippen molar-refractivity contribution in [3.63, 3.8) is 0 Å². The molecule has 0 saturated carbocycles. The largest absolute Gasteiger partial charge is 0.382 e. The first-order valence-electron chi connectivity index (χ1n) is 9.10. The number of hydrogen-bond acceptors (Lipinski definition) is 7. The van der Waals surface area contributed by atoms with Gasteiger partial charge in [0.2, 0.25) is 5.95 Å². The highest BCUT2D eigenvalue weighted by atomic mass is 19.3. The van der Waals surface area contributed by atoms with Gasteiger partial charge in [0.05, 0.1) is 18.4 Å². The number of likely N-dealkylation sites (tertiary alicyclic amines) is 1. The van der Waals surface area contributed by atoms with Gasteiger partial charge in [-0.3, -0.25) is 0 Å². The number of aromatic nitrogens is 6. The molecule has 0 amide bonds. The highest BCUT2D eigenvalue weighted by Gasteiger charge is 2.33. The van der Waals surface area contributed by atoms with E-state index < -0.39 is 5.92 Å². The fraction of sp³-hybridized carbons (Fsp3) is 0.333. The van der Waals surface area contributed by atoms with Crippen LogP contribution in [0.2, 0.25) is 0 Å². The van der Waals surface area contributed by atoms with Gasteiger partial charge in [-0.05, 0) is 32.1 Å². The number of anilines is 2. The summed E-state index contributed by atoms with van der Waals surface area (Å²) < 4.78 is 28.1. The smallest absolute Gasteiger partial charge is 0.260 e. The van der Waals surface area contributed by atoms with E-state index in [0.29, 0.717) is 17.8 Å². The summed E-state index contributed by atoms with van der Waals surface area (Å²) in [5, 5.41) is 8.21. The van der Waals surface area contributed by atoms with Gasteiger partial charge in [-0.2, -0.15) is 10.1 Å². The van der Waals surface area contributed by atoms with Gasteiger partial charge in [-0.1, -0.05) is 0 Å². The first-order chi connectivity index (χ1) is 13.8. The molecule has 0 atom stereocenters. The first-order valence-corrected chi connectivity index (χ1v) is 9.10. The van der Waals surface area contributed by atoms with E-state index in [1.54, 1.807) is 33.4 Å². The molecule has 0 spiro atoms. The highest BCUT2D eigenvalue weighted by Crippen LogP contribution is 2.27. The minimum absolute atomic E-state index is 0.0625. The molecule has 5 rings (SSSR count). The Morgan fingerprint density at radius 2 is 1.86 bits per heavy atom. The molecule has 4 aromatic rings. The predicted molar refractivity (Wildman–Crippen MR) is 105 cm³/mol. The van der Waals surface area contributed by atoms with Gasteiger partial charge in [0.25, 0.3) is 5.92 Å². The van der Waals surface area contributed by atoms with Crippen molar-refractivity contribution in [3.05, 3.63) is 36.8 Å². The summed E-state index contributed by atoms with van der Waals surface area (Å²) in [5.74, 6) is -1.96. The Morgan fingerprint density at radius 1 is 1.07 bits per heavy atom. The molecule has 0 bridgehead atoms. The molecule has 1 fully saturated rings. The van der Waals surface area contributed by atoms with Crippen LogP contribution in [0.4, 0.5) is 20.5 Å². The molecule has 9 nitrogen and oxygen atoms in total. The van der Waals surface area contributed by atoms with Crippen molar-refractivity contribution in [2.75, 3.05) is 31.6 Å². The molecule has 29 heavy (non-hydrogen) atoms. The Balaban J connectivity index is 0.000000192. The Hall–Kier alpha value is -3.34. The van der Waals surface area contributed by atoms with E-state index in [2.05, 4.69) is 20.2 Å². The SMILES string of the molecule is CN1CCCC(F)(F)C1.Nc1nc(N)c2c(-c3ccn4nccc4n3)ccn2n1. The predicted octanol–water partition coefficient (Wildman–Crippen LogP) is 1.95. The fourth-order valence-corrected chi connectivity index (χ4v) is 3.40. The molecule has 0 aromatic carbocycles. The third-order valence-electron chi connectivity index (χ3n) is 4.67. The second kappa shape index (κ2) is 7.24. The number of halogens is 2. The van der Waals surface area contributed by atoms with Crippen molar-refractivity contribution in [3.8, 4) is 11.3 Å². The molecular formula is C18H21F2N9. The van der Waals surface area contributed by atoms with Crippen molar-refractivity contribution in [2.45, 2.75) is 18.8 Å². The number of piperidine rings is 1. The summed E-state index contributed by atoms with van der Waals surface area (Å²) in [6.45, 7) is 0.753. The van der Waals surface area contributed by atoms with Crippen LogP contribution in [0.1, 0.15) is 12.8 Å². The van der Waals surface area contributed by atoms with E-state index in [4.69, 9.17) is 11.5 Å². The molecule has 5 heterocycles. The van der Waals surface area contributed by atoms with E-state index >= 15 is 0 Å². The number of nitrogens with two attached hydrogens (primary N) is 2. The van der Waals surface area contributed by atoms with Crippen LogP contribution in [0, 0.1) is 0 Å². The van der Waals surface area contributed by atoms with E-state index in [-0.39, 0.29) is 18.9 Å². The molecule has 0 radical (unpaired) electrons. The summed E-state index contributed by atoms with van der Waals surface area (Å²) >= 11 is 0. The summed E-state index contributed by atoms with van der Waals surface area (Å²) in [6.07, 6.45) is 6.01. The number of rotatable bonds is 1. The van der Waals surface area contributed by atoms with Crippen LogP contribution in [-0.4, -0.2) is 60.2 Å². The van der Waals surface area contributed by atoms with Crippen LogP contribution in [0.3, 0.4) is 0 Å². The molecule has 4 N–H and O–H groups in total. The zero-order valence-corrected chi connectivity index (χ0v) is 15.8. The van der Waals surface area contributed by atoms with Crippen molar-refractivity contribution in [2.24, 2.45) is 0 Å². The second-order valence-electron chi connectivity index (χ2n) is 7.02. The van der Waals surface area contributed by atoms with Gasteiger partial charge in [0, 0.05) is 30.4 Å². The van der Waals surface area contributed by atoms with Gasteiger partial charge in [0.1, 0.15) is 5.52 Å². The van der Waals surface area contributed by atoms with Crippen molar-refractivity contribution < 1.29 is 8.78 Å². The van der Waals surface area contributed by atoms with E-state index in [9.17, 15) is 8.78 Å². The minimum Gasteiger partial charge on any atom is -0.382 e. The summed E-state index contributed by atoms with van der Waals surface area (Å²) in [7, 11) is 1.73. The van der Waals surface area contributed by atoms with Crippen LogP contribution in [0.25, 0.3) is 22.4 Å². The number of fused-ring (bicyclic) bond motifs is 2. The van der Waals surface area contributed by atoms with Crippen molar-refractivity contribution in [1.82, 2.24) is 34.1 Å². The lowest BCUT2D eigenvalue weighted by Gasteiger charge is -2.28. The zero-order valence-electron chi connectivity index (χ0n) is 15.8. The van der Waals surface area contributed by atoms with Crippen LogP contribution in [0.15, 0.2) is 36.8 Å². The third-order valence-corrected chi connectivity index (χ3v) is 4.67. The summed E-state index contributed by atoms with van der Waals surface area (Å²) in [4.78, 5) is 10.2. The number of nitrogens with zero attached hydrogens (tertiary/aromatic N) is 7. The van der Waals surface area contributed by atoms with Crippen molar-refractivity contribution >= 4 is 22.9 Å². The molecule has 1 saturated heterocycles. The molecule has 1 aliphatic heterocycles. The topological polar surface area (TPSA) is 116 Å². The third kappa shape index (κ3) is 3.94. The van der Waals surface area contributed by atoms with Gasteiger partial charge in [-0.15, -0.1) is 5.10 Å². The average molecular weight is 401 g/mol. The lowest BCUT2D eigenvalue weighted by molar-refractivity contribution is -0.0571. The lowest BCUT2D eigenvalue weighted by atomic mass is 10.1. The van der Waals surface area contributed by atoms with Crippen molar-refractivity contribution in [1.29, 1.82) is 0 Å². The van der Waals surface area contributed by atoms with Gasteiger partial charge in [-0.25, -0.2) is 22.8 Å². The maximum absolute atomic E-state index is 12.4. The van der Waals surface area contributed by atoms with E-state index in [0.717, 1.165) is 23.4 Å². The quantitative estimate of drug-likeness (QED) is 0.501. The normalized spacial score (nSPS) is 16.7. The lowest BCUT2D eigenvalue weighted by Crippen LogP contribution is -2.39. The monoisotopic (exact) mass is 401 g/mol. The van der Waals surface area contributed by atoms with Gasteiger partial charge in [0.15, 0.2) is 11.5 Å². The minimum atomic E-state index is -2.42. The van der Waals surface area contributed by atoms with Crippen LogP contribution in [-0.2, 0) is 0 Å². The van der Waals surface area contributed by atoms with Gasteiger partial charge >= 0.3 is 0 Å². The number of hydrogen-bond donors (Lipinski definition) is 2. The second-order valence-corrected chi connectivity index (χ2v) is 7.02. The van der Waals surface area contributed by atoms with Crippen LogP contribution < -0.4 is 11.5 Å². The fourth-order valence-electron chi connectivity index (χ4n) is 3.40. The standard InChI is InChI=1S/C12H10N8.C6H11F2N/c13-11-10-7(2-5-20(10)18-12(14)17-11)8-3-6-19-9(16-8)1-4-15-19;1-9-4-2-3-6(7,8)5-9/h1-6H,(H4,13,14,17,18);2-5H2,1H3. The van der Waals surface area contributed by atoms with E-state index in [1.807, 2.05) is 24.4 Å². The number of nitrogen functional groups attached to an aromatic ring is 2. The maximum Gasteiger partial charge on any atom is 0.260 e. The molecule has 0 unspecified atom stereocenters. The van der Waals surface area contributed by atoms with Gasteiger partial charge < -0.3 is 16.4 Å². The highest BCUT2D eigenvalue weighted by molar-refractivity contribution is 5.86. The molecule has 152 valence electrons. The average Bonchev–Trinajstić information content (AvgIpc) is 3.26. The molecule has 1 aliphatic rings. The molecular weight excluding hydrogens is 380 g/mol. The molecule has 4 aromatic heterocycles. The Bertz CT molecular complexity index is 1150. The van der Waals surface area contributed by atoms with Crippen LogP contribution >= 0.6 is 0 Å². The molecule has 0 aliphatic carbocycles. The number of alkyl halides is 2. The van der Waals surface area contributed by atoms with E-state index in [1.165, 1.54) is 0 Å². The first kappa shape index (κ1) is 19.0. The summed E-state index contributed by atoms with van der Waals surface area (Å²) in [6, 6.07) is 5.58. The van der Waals surface area contributed by atoms with Crippen LogP contribution in [0.5, 0.6) is 0 Å². The Morgan fingerprint density at radius 3 is 2.59 bits per heavy atom. The Labute approximate surface area is 165 Å². The summed E-state index contributed by atoms with van der Waals surface area (Å²) in [5.41, 5.74) is 14.6. The molecule has 11 heteroatoms. The maximum atomic E-state index is 12.4.